The average molecular weight is 346 g/mol. The minimum Gasteiger partial charge on any atom is -0.494 e. The number of nitrogens with two attached hydrogens (primary N) is 2. The van der Waals surface area contributed by atoms with Crippen molar-refractivity contribution in [3.63, 3.8) is 0 Å². The Morgan fingerprint density at radius 1 is 1.33 bits per heavy atom. The highest BCUT2D eigenvalue weighted by atomic mass is 35.5. The van der Waals surface area contributed by atoms with Gasteiger partial charge < -0.3 is 16.2 Å². The van der Waals surface area contributed by atoms with Crippen molar-refractivity contribution in [1.82, 2.24) is 0 Å². The molecule has 0 saturated carbocycles. The number of nitrogens with zero attached hydrogens (tertiary/aromatic N) is 1. The Hall–Kier alpha value is -2.20. The third kappa shape index (κ3) is 3.65. The van der Waals surface area contributed by atoms with Gasteiger partial charge in [-0.1, -0.05) is 43.7 Å². The molecule has 0 saturated heterocycles. The first-order chi connectivity index (χ1) is 11.5. The van der Waals surface area contributed by atoms with E-state index in [1.165, 1.54) is 6.20 Å². The maximum Gasteiger partial charge on any atom is 0.129 e. The molecule has 0 spiro atoms. The lowest BCUT2D eigenvalue weighted by Crippen LogP contribution is -2.28. The predicted octanol–water partition coefficient (Wildman–Crippen LogP) is 4.24. The van der Waals surface area contributed by atoms with Crippen molar-refractivity contribution < 1.29 is 4.74 Å². The van der Waals surface area contributed by atoms with E-state index in [4.69, 9.17) is 27.8 Å². The van der Waals surface area contributed by atoms with E-state index in [1.54, 1.807) is 0 Å². The smallest absolute Gasteiger partial charge is 0.129 e. The van der Waals surface area contributed by atoms with Crippen molar-refractivity contribution in [1.29, 1.82) is 0 Å². The Labute approximate surface area is 148 Å². The van der Waals surface area contributed by atoms with Gasteiger partial charge >= 0.3 is 0 Å². The maximum atomic E-state index is 6.18. The van der Waals surface area contributed by atoms with Crippen LogP contribution in [0, 0.1) is 0 Å². The van der Waals surface area contributed by atoms with Gasteiger partial charge in [0.25, 0.3) is 0 Å². The lowest BCUT2D eigenvalue weighted by atomic mass is 9.80. The number of halogens is 1. The van der Waals surface area contributed by atoms with Crippen molar-refractivity contribution in [2.24, 2.45) is 16.5 Å². The fourth-order valence-electron chi connectivity index (χ4n) is 2.92. The quantitative estimate of drug-likeness (QED) is 0.757. The van der Waals surface area contributed by atoms with Gasteiger partial charge in [0, 0.05) is 28.3 Å². The average Bonchev–Trinajstić information content (AvgIpc) is 2.55. The summed E-state index contributed by atoms with van der Waals surface area (Å²) in [6.45, 7) is 8.68. The molecule has 1 aromatic carbocycles. The first-order valence-corrected chi connectivity index (χ1v) is 8.48. The number of aliphatic imine (C=N–C) groups is 1. The highest BCUT2D eigenvalue weighted by Gasteiger charge is 2.32. The molecule has 1 aliphatic heterocycles. The van der Waals surface area contributed by atoms with Gasteiger partial charge in [-0.2, -0.15) is 0 Å². The van der Waals surface area contributed by atoms with Crippen molar-refractivity contribution in [3.8, 4) is 0 Å². The molecule has 0 aromatic heterocycles. The summed E-state index contributed by atoms with van der Waals surface area (Å²) < 4.78 is 5.70. The van der Waals surface area contributed by atoms with E-state index in [0.717, 1.165) is 35.2 Å². The summed E-state index contributed by atoms with van der Waals surface area (Å²) in [6, 6.07) is 7.65. The molecule has 128 valence electrons. The molecule has 1 heterocycles. The Morgan fingerprint density at radius 2 is 2.00 bits per heavy atom. The zero-order chi connectivity index (χ0) is 17.7. The summed E-state index contributed by atoms with van der Waals surface area (Å²) in [5.41, 5.74) is 15.7. The Kier molecular flexibility index (Phi) is 6.10. The normalized spacial score (nSPS) is 19.4. The molecule has 0 amide bonds. The molecule has 4 nitrogen and oxygen atoms in total. The summed E-state index contributed by atoms with van der Waals surface area (Å²) >= 11 is 6.03. The van der Waals surface area contributed by atoms with E-state index >= 15 is 0 Å². The zero-order valence-electron chi connectivity index (χ0n) is 14.2. The molecule has 1 atom stereocenters. The number of hydrogen-bond acceptors (Lipinski definition) is 4. The predicted molar refractivity (Wildman–Crippen MR) is 101 cm³/mol. The van der Waals surface area contributed by atoms with E-state index in [-0.39, 0.29) is 5.92 Å². The van der Waals surface area contributed by atoms with Crippen molar-refractivity contribution in [3.05, 3.63) is 70.2 Å². The van der Waals surface area contributed by atoms with Crippen LogP contribution in [-0.2, 0) is 4.74 Å². The SMILES string of the molecule is C=C(OCC)C1=C(CCC)N=C(N)/C(=C\N)C1c1ccc(Cl)cc1. The Balaban J connectivity index is 2.65. The number of benzene rings is 1. The molecule has 0 fully saturated rings. The zero-order valence-corrected chi connectivity index (χ0v) is 14.9. The van der Waals surface area contributed by atoms with Crippen LogP contribution in [0.25, 0.3) is 0 Å². The molecule has 1 aromatic rings. The molecule has 1 unspecified atom stereocenters. The fraction of sp³-hybridized carbons (Fsp3) is 0.316. The van der Waals surface area contributed by atoms with Gasteiger partial charge in [0.05, 0.1) is 12.3 Å². The van der Waals surface area contributed by atoms with Crippen LogP contribution in [0.5, 0.6) is 0 Å². The summed E-state index contributed by atoms with van der Waals surface area (Å²) in [7, 11) is 0. The standard InChI is InChI=1S/C19H24ClN3O/c1-4-6-16-17(12(3)24-5-2)18(15(11-21)19(22)23-16)13-7-9-14(20)10-8-13/h7-11,18H,3-6,21H2,1-2H3,(H2,22,23)/b15-11-. The monoisotopic (exact) mass is 345 g/mol. The van der Waals surface area contributed by atoms with Crippen LogP contribution in [0.15, 0.2) is 64.6 Å². The topological polar surface area (TPSA) is 73.6 Å². The largest absolute Gasteiger partial charge is 0.494 e. The number of allylic oxidation sites excluding steroid dienone is 2. The Bertz CT molecular complexity index is 702. The number of amidine groups is 1. The first kappa shape index (κ1) is 18.1. The minimum atomic E-state index is -0.162. The van der Waals surface area contributed by atoms with Crippen molar-refractivity contribution in [2.45, 2.75) is 32.6 Å². The lowest BCUT2D eigenvalue weighted by Gasteiger charge is -2.30. The van der Waals surface area contributed by atoms with Crippen LogP contribution in [-0.4, -0.2) is 12.4 Å². The van der Waals surface area contributed by atoms with Crippen LogP contribution < -0.4 is 11.5 Å². The highest BCUT2D eigenvalue weighted by Crippen LogP contribution is 2.42. The molecule has 1 aliphatic rings. The lowest BCUT2D eigenvalue weighted by molar-refractivity contribution is 0.236. The van der Waals surface area contributed by atoms with E-state index < -0.39 is 0 Å². The van der Waals surface area contributed by atoms with Crippen LogP contribution >= 0.6 is 11.6 Å². The van der Waals surface area contributed by atoms with E-state index in [1.807, 2.05) is 31.2 Å². The molecule has 0 aliphatic carbocycles. The molecule has 0 radical (unpaired) electrons. The fourth-order valence-corrected chi connectivity index (χ4v) is 3.05. The van der Waals surface area contributed by atoms with Crippen LogP contribution in [0.3, 0.4) is 0 Å². The molecular formula is C19H24ClN3O. The number of ether oxygens (including phenoxy) is 1. The maximum absolute atomic E-state index is 6.18. The van der Waals surface area contributed by atoms with Crippen LogP contribution in [0.1, 0.15) is 38.2 Å². The van der Waals surface area contributed by atoms with Crippen LogP contribution in [0.4, 0.5) is 0 Å². The third-order valence-electron chi connectivity index (χ3n) is 3.95. The van der Waals surface area contributed by atoms with Gasteiger partial charge in [-0.15, -0.1) is 0 Å². The second-order valence-electron chi connectivity index (χ2n) is 5.57. The van der Waals surface area contributed by atoms with Gasteiger partial charge in [-0.3, -0.25) is 0 Å². The molecular weight excluding hydrogens is 322 g/mol. The van der Waals surface area contributed by atoms with E-state index in [2.05, 4.69) is 18.5 Å². The first-order valence-electron chi connectivity index (χ1n) is 8.10. The third-order valence-corrected chi connectivity index (χ3v) is 4.20. The highest BCUT2D eigenvalue weighted by molar-refractivity contribution is 6.30. The van der Waals surface area contributed by atoms with Crippen molar-refractivity contribution in [2.75, 3.05) is 6.61 Å². The van der Waals surface area contributed by atoms with Crippen LogP contribution in [0.2, 0.25) is 5.02 Å². The summed E-state index contributed by atoms with van der Waals surface area (Å²) in [6.07, 6.45) is 3.26. The van der Waals surface area contributed by atoms with Gasteiger partial charge in [0.2, 0.25) is 0 Å². The molecule has 5 heteroatoms. The molecule has 4 N–H and O–H groups in total. The Morgan fingerprint density at radius 3 is 2.54 bits per heavy atom. The number of rotatable bonds is 6. The van der Waals surface area contributed by atoms with E-state index in [9.17, 15) is 0 Å². The molecule has 0 bridgehead atoms. The van der Waals surface area contributed by atoms with E-state index in [0.29, 0.717) is 23.2 Å². The second-order valence-corrected chi connectivity index (χ2v) is 6.01. The van der Waals surface area contributed by atoms with Gasteiger partial charge in [0.1, 0.15) is 11.6 Å². The van der Waals surface area contributed by atoms with Gasteiger partial charge in [0.15, 0.2) is 0 Å². The molecule has 2 rings (SSSR count). The minimum absolute atomic E-state index is 0.162. The number of hydrogen-bond donors (Lipinski definition) is 2. The summed E-state index contributed by atoms with van der Waals surface area (Å²) in [5.74, 6) is 0.885. The van der Waals surface area contributed by atoms with Gasteiger partial charge in [-0.05, 0) is 31.0 Å². The second kappa shape index (κ2) is 8.06. The molecule has 24 heavy (non-hydrogen) atoms. The van der Waals surface area contributed by atoms with Gasteiger partial charge in [-0.25, -0.2) is 4.99 Å². The summed E-state index contributed by atoms with van der Waals surface area (Å²) in [4.78, 5) is 4.56. The summed E-state index contributed by atoms with van der Waals surface area (Å²) in [5, 5.41) is 0.678. The van der Waals surface area contributed by atoms with Crippen molar-refractivity contribution >= 4 is 17.4 Å².